The quantitative estimate of drug-likeness (QED) is 0.745. The highest BCUT2D eigenvalue weighted by molar-refractivity contribution is 5.84. The Bertz CT molecular complexity index is 852. The molecule has 0 bridgehead atoms. The topological polar surface area (TPSA) is 42.7 Å². The van der Waals surface area contributed by atoms with Crippen molar-refractivity contribution in [3.63, 3.8) is 0 Å². The maximum absolute atomic E-state index is 12.3. The van der Waals surface area contributed by atoms with Crippen LogP contribution in [0.25, 0.3) is 10.8 Å². The Morgan fingerprint density at radius 2 is 2.00 bits per heavy atom. The van der Waals surface area contributed by atoms with Gasteiger partial charge in [0.2, 0.25) is 0 Å². The highest BCUT2D eigenvalue weighted by atomic mass is 16.5. The first-order chi connectivity index (χ1) is 11.3. The minimum atomic E-state index is 0.00464. The Morgan fingerprint density at radius 3 is 2.91 bits per heavy atom. The number of nitrogens with zero attached hydrogens (tertiary/aromatic N) is 1. The van der Waals surface area contributed by atoms with E-state index in [2.05, 4.69) is 6.07 Å². The summed E-state index contributed by atoms with van der Waals surface area (Å²) in [6, 6.07) is 15.9. The van der Waals surface area contributed by atoms with Crippen molar-refractivity contribution in [3.8, 4) is 5.75 Å². The Balaban J connectivity index is 1.41. The number of fused-ring (bicyclic) bond motifs is 2. The lowest BCUT2D eigenvalue weighted by atomic mass is 10.1. The Kier molecular flexibility index (Phi) is 3.50. The number of carbonyl (C=O) groups is 1. The molecule has 0 saturated carbocycles. The molecule has 1 aliphatic rings. The van der Waals surface area contributed by atoms with Crippen molar-refractivity contribution in [1.82, 2.24) is 4.90 Å². The van der Waals surface area contributed by atoms with Crippen LogP contribution in [0.5, 0.6) is 5.75 Å². The second-order valence-corrected chi connectivity index (χ2v) is 5.73. The number of carbonyl (C=O) groups excluding carboxylic acids is 1. The summed E-state index contributed by atoms with van der Waals surface area (Å²) in [6.07, 6.45) is 2.45. The van der Waals surface area contributed by atoms with Crippen LogP contribution < -0.4 is 4.74 Å². The maximum atomic E-state index is 12.3. The summed E-state index contributed by atoms with van der Waals surface area (Å²) in [5, 5.41) is 2.27. The fourth-order valence-electron chi connectivity index (χ4n) is 2.95. The van der Waals surface area contributed by atoms with Gasteiger partial charge in [0.05, 0.1) is 6.26 Å². The third-order valence-electron chi connectivity index (χ3n) is 4.24. The molecule has 0 saturated heterocycles. The van der Waals surface area contributed by atoms with Crippen LogP contribution in [0, 0.1) is 0 Å². The Labute approximate surface area is 134 Å². The van der Waals surface area contributed by atoms with Gasteiger partial charge in [0.25, 0.3) is 5.91 Å². The maximum Gasteiger partial charge on any atom is 0.260 e. The second kappa shape index (κ2) is 5.80. The van der Waals surface area contributed by atoms with Gasteiger partial charge in [0.15, 0.2) is 6.61 Å². The molecule has 4 nitrogen and oxygen atoms in total. The van der Waals surface area contributed by atoms with Gasteiger partial charge < -0.3 is 14.1 Å². The number of hydrogen-bond donors (Lipinski definition) is 0. The SMILES string of the molecule is O=C(COc1ccc2ccccc2c1)N1CCc2occc2C1. The van der Waals surface area contributed by atoms with Crippen LogP contribution >= 0.6 is 0 Å². The fraction of sp³-hybridized carbons (Fsp3) is 0.211. The van der Waals surface area contributed by atoms with Gasteiger partial charge >= 0.3 is 0 Å². The number of rotatable bonds is 3. The van der Waals surface area contributed by atoms with Gasteiger partial charge in [0, 0.05) is 25.1 Å². The largest absolute Gasteiger partial charge is 0.484 e. The van der Waals surface area contributed by atoms with E-state index in [0.717, 1.165) is 34.3 Å². The molecule has 4 heteroatoms. The molecule has 116 valence electrons. The van der Waals surface area contributed by atoms with Crippen LogP contribution in [-0.2, 0) is 17.8 Å². The second-order valence-electron chi connectivity index (χ2n) is 5.73. The molecule has 0 unspecified atom stereocenters. The predicted molar refractivity (Wildman–Crippen MR) is 87.3 cm³/mol. The van der Waals surface area contributed by atoms with Gasteiger partial charge in [-0.15, -0.1) is 0 Å². The summed E-state index contributed by atoms with van der Waals surface area (Å²) in [5.41, 5.74) is 1.09. The molecule has 1 amide bonds. The lowest BCUT2D eigenvalue weighted by Crippen LogP contribution is -2.38. The van der Waals surface area contributed by atoms with Gasteiger partial charge in [-0.2, -0.15) is 0 Å². The molecule has 0 N–H and O–H groups in total. The predicted octanol–water partition coefficient (Wildman–Crippen LogP) is 3.40. The fourth-order valence-corrected chi connectivity index (χ4v) is 2.95. The van der Waals surface area contributed by atoms with Crippen LogP contribution in [-0.4, -0.2) is 24.0 Å². The third-order valence-corrected chi connectivity index (χ3v) is 4.24. The lowest BCUT2D eigenvalue weighted by Gasteiger charge is -2.26. The van der Waals surface area contributed by atoms with Crippen LogP contribution in [0.2, 0.25) is 0 Å². The number of amides is 1. The number of ether oxygens (including phenoxy) is 1. The first kappa shape index (κ1) is 13.9. The highest BCUT2D eigenvalue weighted by Crippen LogP contribution is 2.22. The monoisotopic (exact) mass is 307 g/mol. The summed E-state index contributed by atoms with van der Waals surface area (Å²) in [4.78, 5) is 14.2. The molecule has 2 heterocycles. The zero-order valence-corrected chi connectivity index (χ0v) is 12.7. The third kappa shape index (κ3) is 2.80. The van der Waals surface area contributed by atoms with E-state index in [4.69, 9.17) is 9.15 Å². The molecule has 4 rings (SSSR count). The van der Waals surface area contributed by atoms with Crippen molar-refractivity contribution in [2.45, 2.75) is 13.0 Å². The lowest BCUT2D eigenvalue weighted by molar-refractivity contribution is -0.134. The number of benzene rings is 2. The average Bonchev–Trinajstić information content (AvgIpc) is 3.07. The van der Waals surface area contributed by atoms with Crippen LogP contribution in [0.3, 0.4) is 0 Å². The summed E-state index contributed by atoms with van der Waals surface area (Å²) < 4.78 is 11.1. The average molecular weight is 307 g/mol. The van der Waals surface area contributed by atoms with Crippen LogP contribution in [0.4, 0.5) is 0 Å². The molecule has 2 aromatic carbocycles. The number of furan rings is 1. The first-order valence-electron chi connectivity index (χ1n) is 7.74. The van der Waals surface area contributed by atoms with Gasteiger partial charge in [-0.05, 0) is 29.0 Å². The smallest absolute Gasteiger partial charge is 0.260 e. The molecule has 0 fully saturated rings. The van der Waals surface area contributed by atoms with Crippen molar-refractivity contribution >= 4 is 16.7 Å². The minimum Gasteiger partial charge on any atom is -0.484 e. The molecule has 1 aromatic heterocycles. The van der Waals surface area contributed by atoms with Crippen molar-refractivity contribution in [2.75, 3.05) is 13.2 Å². The van der Waals surface area contributed by atoms with Crippen molar-refractivity contribution < 1.29 is 13.9 Å². The van der Waals surface area contributed by atoms with Crippen molar-refractivity contribution in [1.29, 1.82) is 0 Å². The normalized spacial score (nSPS) is 13.8. The molecule has 0 radical (unpaired) electrons. The molecule has 23 heavy (non-hydrogen) atoms. The standard InChI is InChI=1S/C19H17NO3/c21-19(20-9-7-18-16(12-20)8-10-22-18)13-23-17-6-5-14-3-1-2-4-15(14)11-17/h1-6,8,10-11H,7,9,12-13H2. The van der Waals surface area contributed by atoms with Gasteiger partial charge in [-0.3, -0.25) is 4.79 Å². The van der Waals surface area contributed by atoms with Gasteiger partial charge in [0.1, 0.15) is 11.5 Å². The zero-order valence-electron chi connectivity index (χ0n) is 12.7. The van der Waals surface area contributed by atoms with Crippen LogP contribution in [0.15, 0.2) is 59.2 Å². The highest BCUT2D eigenvalue weighted by Gasteiger charge is 2.22. The van der Waals surface area contributed by atoms with Gasteiger partial charge in [-0.1, -0.05) is 30.3 Å². The van der Waals surface area contributed by atoms with E-state index in [-0.39, 0.29) is 12.5 Å². The van der Waals surface area contributed by atoms with E-state index in [1.165, 1.54) is 0 Å². The molecule has 3 aromatic rings. The Hall–Kier alpha value is -2.75. The van der Waals surface area contributed by atoms with Gasteiger partial charge in [-0.25, -0.2) is 0 Å². The summed E-state index contributed by atoms with van der Waals surface area (Å²) in [5.74, 6) is 1.72. The molecule has 0 atom stereocenters. The number of hydrogen-bond acceptors (Lipinski definition) is 3. The molecule has 0 aliphatic carbocycles. The molecule has 0 spiro atoms. The summed E-state index contributed by atoms with van der Waals surface area (Å²) in [6.45, 7) is 1.34. The minimum absolute atomic E-state index is 0.00464. The molecular weight excluding hydrogens is 290 g/mol. The van der Waals surface area contributed by atoms with E-state index in [1.54, 1.807) is 6.26 Å². The van der Waals surface area contributed by atoms with Crippen molar-refractivity contribution in [2.24, 2.45) is 0 Å². The Morgan fingerprint density at radius 1 is 1.13 bits per heavy atom. The first-order valence-corrected chi connectivity index (χ1v) is 7.74. The van der Waals surface area contributed by atoms with E-state index in [0.29, 0.717) is 13.1 Å². The van der Waals surface area contributed by atoms with E-state index in [9.17, 15) is 4.79 Å². The van der Waals surface area contributed by atoms with E-state index >= 15 is 0 Å². The molecule has 1 aliphatic heterocycles. The molecular formula is C19H17NO3. The van der Waals surface area contributed by atoms with Crippen LogP contribution in [0.1, 0.15) is 11.3 Å². The van der Waals surface area contributed by atoms with Crippen molar-refractivity contribution in [3.05, 3.63) is 66.1 Å². The summed E-state index contributed by atoms with van der Waals surface area (Å²) >= 11 is 0. The summed E-state index contributed by atoms with van der Waals surface area (Å²) in [7, 11) is 0. The van der Waals surface area contributed by atoms with E-state index in [1.807, 2.05) is 47.4 Å². The zero-order chi connectivity index (χ0) is 15.6. The van der Waals surface area contributed by atoms with E-state index < -0.39 is 0 Å².